The van der Waals surface area contributed by atoms with Crippen molar-refractivity contribution in [1.29, 1.82) is 0 Å². The van der Waals surface area contributed by atoms with Crippen molar-refractivity contribution in [3.05, 3.63) is 0 Å². The Kier molecular flexibility index (Phi) is 4.79. The molecule has 0 bridgehead atoms. The summed E-state index contributed by atoms with van der Waals surface area (Å²) in [5.74, 6) is -2.18. The van der Waals surface area contributed by atoms with E-state index in [0.29, 0.717) is 12.8 Å². The van der Waals surface area contributed by atoms with Crippen LogP contribution in [-0.4, -0.2) is 59.8 Å². The molecule has 0 aromatic carbocycles. The minimum atomic E-state index is -4.04. The van der Waals surface area contributed by atoms with E-state index in [9.17, 15) is 27.1 Å². The summed E-state index contributed by atoms with van der Waals surface area (Å²) >= 11 is 0. The molecule has 1 saturated heterocycles. The molecule has 1 saturated carbocycles. The number of hydrogen-bond donors (Lipinski definition) is 2. The van der Waals surface area contributed by atoms with Gasteiger partial charge in [-0.05, 0) is 25.7 Å². The lowest BCUT2D eigenvalue weighted by Crippen LogP contribution is -2.56. The van der Waals surface area contributed by atoms with E-state index in [0.717, 1.165) is 4.31 Å². The number of nitrogens with zero attached hydrogens (tertiary/aromatic N) is 1. The quantitative estimate of drug-likeness (QED) is 0.779. The minimum Gasteiger partial charge on any atom is -0.479 e. The van der Waals surface area contributed by atoms with Crippen LogP contribution in [0, 0.1) is 5.41 Å². The molecule has 2 fully saturated rings. The molecule has 1 aliphatic heterocycles. The number of hydrogen-bond acceptors (Lipinski definition) is 4. The van der Waals surface area contributed by atoms with Crippen molar-refractivity contribution in [2.24, 2.45) is 5.41 Å². The first-order chi connectivity index (χ1) is 10.1. The van der Waals surface area contributed by atoms with Crippen molar-refractivity contribution < 1.29 is 32.2 Å². The Balaban J connectivity index is 2.18. The van der Waals surface area contributed by atoms with Crippen molar-refractivity contribution >= 4 is 16.0 Å². The molecule has 9 heteroatoms. The molecule has 2 rings (SSSR count). The van der Waals surface area contributed by atoms with Crippen LogP contribution in [0.1, 0.15) is 38.5 Å². The van der Waals surface area contributed by atoms with E-state index in [1.807, 2.05) is 0 Å². The lowest BCUT2D eigenvalue weighted by molar-refractivity contribution is -0.162. The fraction of sp³-hybridized carbons (Fsp3) is 0.923. The van der Waals surface area contributed by atoms with Crippen molar-refractivity contribution in [2.45, 2.75) is 50.6 Å². The van der Waals surface area contributed by atoms with Crippen LogP contribution in [0.4, 0.5) is 8.78 Å². The molecular weight excluding hydrogens is 320 g/mol. The van der Waals surface area contributed by atoms with Crippen LogP contribution >= 0.6 is 0 Å². The number of alkyl halides is 2. The molecule has 2 N–H and O–H groups in total. The summed E-state index contributed by atoms with van der Waals surface area (Å²) < 4.78 is 52.4. The zero-order valence-corrected chi connectivity index (χ0v) is 13.0. The SMILES string of the molecule is O=C(O)C1(O)CCCN(S(=O)(=O)CC2(C(F)F)CCCC2)C1. The Morgan fingerprint density at radius 2 is 1.77 bits per heavy atom. The molecule has 0 spiro atoms. The highest BCUT2D eigenvalue weighted by Gasteiger charge is 2.49. The molecular formula is C13H21F2NO5S. The lowest BCUT2D eigenvalue weighted by atomic mass is 9.89. The van der Waals surface area contributed by atoms with Gasteiger partial charge in [0.05, 0.1) is 12.3 Å². The topological polar surface area (TPSA) is 94.9 Å². The zero-order chi connectivity index (χ0) is 16.6. The number of sulfonamides is 1. The van der Waals surface area contributed by atoms with Crippen LogP contribution in [0.3, 0.4) is 0 Å². The van der Waals surface area contributed by atoms with E-state index in [4.69, 9.17) is 5.11 Å². The van der Waals surface area contributed by atoms with Gasteiger partial charge in [0.25, 0.3) is 0 Å². The third-order valence-corrected chi connectivity index (χ3v) is 6.80. The van der Waals surface area contributed by atoms with Gasteiger partial charge in [0.2, 0.25) is 16.4 Å². The van der Waals surface area contributed by atoms with Crippen molar-refractivity contribution in [3.63, 3.8) is 0 Å². The summed E-state index contributed by atoms with van der Waals surface area (Å²) in [6, 6.07) is 0. The Labute approximate surface area is 128 Å². The molecule has 1 heterocycles. The smallest absolute Gasteiger partial charge is 0.337 e. The molecule has 1 atom stereocenters. The normalized spacial score (nSPS) is 29.8. The van der Waals surface area contributed by atoms with Gasteiger partial charge in [-0.15, -0.1) is 0 Å². The summed E-state index contributed by atoms with van der Waals surface area (Å²) in [5.41, 5.74) is -3.68. The first-order valence-electron chi connectivity index (χ1n) is 7.33. The van der Waals surface area contributed by atoms with Gasteiger partial charge in [-0.1, -0.05) is 12.8 Å². The molecule has 128 valence electrons. The molecule has 0 aromatic heterocycles. The number of aliphatic carboxylic acids is 1. The van der Waals surface area contributed by atoms with Crippen LogP contribution in [0.5, 0.6) is 0 Å². The summed E-state index contributed by atoms with van der Waals surface area (Å²) in [6.07, 6.45) is -1.15. The highest BCUT2D eigenvalue weighted by molar-refractivity contribution is 7.89. The maximum Gasteiger partial charge on any atom is 0.337 e. The molecule has 0 radical (unpaired) electrons. The van der Waals surface area contributed by atoms with Gasteiger partial charge in [-0.3, -0.25) is 0 Å². The first-order valence-corrected chi connectivity index (χ1v) is 8.94. The summed E-state index contributed by atoms with van der Waals surface area (Å²) in [5, 5.41) is 19.0. The van der Waals surface area contributed by atoms with E-state index in [-0.39, 0.29) is 32.2 Å². The minimum absolute atomic E-state index is 0.0473. The lowest BCUT2D eigenvalue weighted by Gasteiger charge is -2.37. The second kappa shape index (κ2) is 6.01. The number of aliphatic hydroxyl groups is 1. The Bertz CT molecular complexity index is 533. The highest BCUT2D eigenvalue weighted by atomic mass is 32.2. The van der Waals surface area contributed by atoms with Gasteiger partial charge in [0.15, 0.2) is 5.60 Å². The van der Waals surface area contributed by atoms with E-state index >= 15 is 0 Å². The van der Waals surface area contributed by atoms with E-state index in [1.54, 1.807) is 0 Å². The van der Waals surface area contributed by atoms with Gasteiger partial charge in [0.1, 0.15) is 0 Å². The van der Waals surface area contributed by atoms with E-state index < -0.39 is 45.7 Å². The van der Waals surface area contributed by atoms with E-state index in [1.165, 1.54) is 0 Å². The standard InChI is InChI=1S/C13H21F2NO5S/c14-10(15)12(4-1-2-5-12)9-22(20,21)16-7-3-6-13(19,8-16)11(17)18/h10,19H,1-9H2,(H,17,18). The largest absolute Gasteiger partial charge is 0.479 e. The van der Waals surface area contributed by atoms with Gasteiger partial charge in [-0.2, -0.15) is 4.31 Å². The summed E-state index contributed by atoms with van der Waals surface area (Å²) in [4.78, 5) is 11.1. The number of β-amino-alcohol motifs (C(OH)–C–C–N with tert-alkyl or cyclic N) is 1. The van der Waals surface area contributed by atoms with Crippen LogP contribution < -0.4 is 0 Å². The Morgan fingerprint density at radius 3 is 2.27 bits per heavy atom. The summed E-state index contributed by atoms with van der Waals surface area (Å²) in [6.45, 7) is -0.527. The average molecular weight is 341 g/mol. The average Bonchev–Trinajstić information content (AvgIpc) is 2.88. The molecule has 1 aliphatic carbocycles. The van der Waals surface area contributed by atoms with Crippen molar-refractivity contribution in [2.75, 3.05) is 18.8 Å². The number of rotatable bonds is 5. The Morgan fingerprint density at radius 1 is 1.18 bits per heavy atom. The van der Waals surface area contributed by atoms with Crippen LogP contribution in [0.25, 0.3) is 0 Å². The Hall–Kier alpha value is -0.800. The second-order valence-electron chi connectivity index (χ2n) is 6.40. The molecule has 6 nitrogen and oxygen atoms in total. The summed E-state index contributed by atoms with van der Waals surface area (Å²) in [7, 11) is -4.04. The third-order valence-electron chi connectivity index (χ3n) is 4.76. The van der Waals surface area contributed by atoms with Crippen molar-refractivity contribution in [1.82, 2.24) is 4.31 Å². The number of piperidine rings is 1. The van der Waals surface area contributed by atoms with Crippen LogP contribution in [-0.2, 0) is 14.8 Å². The maximum atomic E-state index is 13.3. The van der Waals surface area contributed by atoms with E-state index in [2.05, 4.69) is 0 Å². The van der Waals surface area contributed by atoms with Gasteiger partial charge in [-0.25, -0.2) is 22.0 Å². The number of carboxylic acid groups (broad SMARTS) is 1. The molecule has 0 aromatic rings. The number of carbonyl (C=O) groups is 1. The molecule has 2 aliphatic rings. The second-order valence-corrected chi connectivity index (χ2v) is 8.37. The van der Waals surface area contributed by atoms with Gasteiger partial charge < -0.3 is 10.2 Å². The first kappa shape index (κ1) is 17.6. The fourth-order valence-electron chi connectivity index (χ4n) is 3.37. The maximum absolute atomic E-state index is 13.3. The highest BCUT2D eigenvalue weighted by Crippen LogP contribution is 2.45. The molecule has 1 unspecified atom stereocenters. The van der Waals surface area contributed by atoms with Crippen LogP contribution in [0.2, 0.25) is 0 Å². The predicted octanol–water partition coefficient (Wildman–Crippen LogP) is 1.05. The molecule has 0 amide bonds. The van der Waals surface area contributed by atoms with Crippen molar-refractivity contribution in [3.8, 4) is 0 Å². The number of carboxylic acids is 1. The predicted molar refractivity (Wildman–Crippen MR) is 74.1 cm³/mol. The van der Waals surface area contributed by atoms with Crippen LogP contribution in [0.15, 0.2) is 0 Å². The molecule has 22 heavy (non-hydrogen) atoms. The monoisotopic (exact) mass is 341 g/mol. The van der Waals surface area contributed by atoms with Gasteiger partial charge >= 0.3 is 5.97 Å². The fourth-order valence-corrected chi connectivity index (χ4v) is 5.51. The number of halogens is 2. The van der Waals surface area contributed by atoms with Gasteiger partial charge in [0, 0.05) is 12.0 Å². The third kappa shape index (κ3) is 3.26. The zero-order valence-electron chi connectivity index (χ0n) is 12.2.